The molecule has 0 unspecified atom stereocenters. The molecule has 0 bridgehead atoms. The zero-order chi connectivity index (χ0) is 20.4. The average molecular weight is 387 g/mol. The topological polar surface area (TPSA) is 23.8 Å². The second kappa shape index (κ2) is 8.17. The van der Waals surface area contributed by atoms with Crippen LogP contribution in [0.15, 0.2) is 48.5 Å². The molecule has 3 aromatic rings. The SMILES string of the molecule is CCCCCc1cc2c(cc1F)-c1ccc(-c3ccc(C#N)c(F)c3)cc1CC2. The molecule has 1 nitrogen and oxygen atoms in total. The number of nitrogens with zero attached hydrogens (tertiary/aromatic N) is 1. The molecule has 4 rings (SSSR count). The summed E-state index contributed by atoms with van der Waals surface area (Å²) in [6.07, 6.45) is 5.84. The van der Waals surface area contributed by atoms with Crippen LogP contribution < -0.4 is 0 Å². The maximum absolute atomic E-state index is 14.7. The van der Waals surface area contributed by atoms with E-state index in [4.69, 9.17) is 5.26 Å². The number of hydrogen-bond acceptors (Lipinski definition) is 1. The van der Waals surface area contributed by atoms with E-state index in [0.717, 1.165) is 71.9 Å². The molecule has 29 heavy (non-hydrogen) atoms. The van der Waals surface area contributed by atoms with Gasteiger partial charge in [-0.2, -0.15) is 5.26 Å². The van der Waals surface area contributed by atoms with Gasteiger partial charge in [0.2, 0.25) is 0 Å². The largest absolute Gasteiger partial charge is 0.207 e. The third kappa shape index (κ3) is 3.80. The molecule has 1 aliphatic rings. The maximum atomic E-state index is 14.7. The van der Waals surface area contributed by atoms with Gasteiger partial charge in [-0.1, -0.05) is 50.1 Å². The molecular weight excluding hydrogens is 364 g/mol. The van der Waals surface area contributed by atoms with Crippen molar-refractivity contribution in [3.8, 4) is 28.3 Å². The Morgan fingerprint density at radius 3 is 2.28 bits per heavy atom. The van der Waals surface area contributed by atoms with E-state index < -0.39 is 5.82 Å². The fraction of sp³-hybridized carbons (Fsp3) is 0.269. The first-order chi connectivity index (χ1) is 14.1. The van der Waals surface area contributed by atoms with Crippen molar-refractivity contribution in [2.45, 2.75) is 45.4 Å². The van der Waals surface area contributed by atoms with E-state index in [1.807, 2.05) is 24.3 Å². The van der Waals surface area contributed by atoms with Crippen LogP contribution in [0, 0.1) is 23.0 Å². The summed E-state index contributed by atoms with van der Waals surface area (Å²) in [5, 5.41) is 8.91. The standard InChI is InChI=1S/C26H23F2N/c1-2-3-4-5-21-13-20-8-7-19-12-17(10-11-23(19)24(20)15-26(21)28)18-6-9-22(16-29)25(27)14-18/h6,9-15H,2-5,7-8H2,1H3. The van der Waals surface area contributed by atoms with Crippen molar-refractivity contribution in [1.82, 2.24) is 0 Å². The zero-order valence-electron chi connectivity index (χ0n) is 16.6. The van der Waals surface area contributed by atoms with Gasteiger partial charge in [0, 0.05) is 0 Å². The molecule has 0 amide bonds. The summed E-state index contributed by atoms with van der Waals surface area (Å²) in [6, 6.07) is 16.3. The molecule has 0 atom stereocenters. The summed E-state index contributed by atoms with van der Waals surface area (Å²) in [5.41, 5.74) is 6.92. The molecule has 3 heteroatoms. The molecule has 0 aromatic heterocycles. The van der Waals surface area contributed by atoms with Crippen LogP contribution in [0.2, 0.25) is 0 Å². The van der Waals surface area contributed by atoms with Gasteiger partial charge in [-0.15, -0.1) is 0 Å². The predicted octanol–water partition coefficient (Wildman–Crippen LogP) is 7.00. The highest BCUT2D eigenvalue weighted by Crippen LogP contribution is 2.37. The molecule has 0 saturated heterocycles. The molecule has 0 saturated carbocycles. The van der Waals surface area contributed by atoms with Crippen molar-refractivity contribution in [3.63, 3.8) is 0 Å². The fourth-order valence-corrected chi connectivity index (χ4v) is 4.18. The minimum absolute atomic E-state index is 0.0471. The quantitative estimate of drug-likeness (QED) is 0.432. The molecule has 0 radical (unpaired) electrons. The van der Waals surface area contributed by atoms with Crippen molar-refractivity contribution in [2.24, 2.45) is 0 Å². The highest BCUT2D eigenvalue weighted by Gasteiger charge is 2.19. The number of aryl methyl sites for hydroxylation is 3. The van der Waals surface area contributed by atoms with Crippen LogP contribution in [0.25, 0.3) is 22.3 Å². The monoisotopic (exact) mass is 387 g/mol. The first-order valence-electron chi connectivity index (χ1n) is 10.3. The lowest BCUT2D eigenvalue weighted by molar-refractivity contribution is 0.597. The first-order valence-corrected chi connectivity index (χ1v) is 10.3. The lowest BCUT2D eigenvalue weighted by Crippen LogP contribution is -2.06. The van der Waals surface area contributed by atoms with Gasteiger partial charge >= 0.3 is 0 Å². The second-order valence-corrected chi connectivity index (χ2v) is 7.74. The zero-order valence-corrected chi connectivity index (χ0v) is 16.6. The van der Waals surface area contributed by atoms with Gasteiger partial charge in [0.25, 0.3) is 0 Å². The molecule has 146 valence electrons. The highest BCUT2D eigenvalue weighted by atomic mass is 19.1. The Kier molecular flexibility index (Phi) is 5.45. The van der Waals surface area contributed by atoms with E-state index in [-0.39, 0.29) is 11.4 Å². The molecular formula is C26H23F2N. The van der Waals surface area contributed by atoms with Crippen LogP contribution in [0.5, 0.6) is 0 Å². The predicted molar refractivity (Wildman–Crippen MR) is 113 cm³/mol. The number of benzene rings is 3. The van der Waals surface area contributed by atoms with E-state index >= 15 is 0 Å². The highest BCUT2D eigenvalue weighted by molar-refractivity contribution is 5.77. The van der Waals surface area contributed by atoms with Gasteiger partial charge in [0.15, 0.2) is 0 Å². The molecule has 0 fully saturated rings. The van der Waals surface area contributed by atoms with E-state index in [9.17, 15) is 8.78 Å². The summed E-state index contributed by atoms with van der Waals surface area (Å²) >= 11 is 0. The van der Waals surface area contributed by atoms with Crippen LogP contribution in [-0.2, 0) is 19.3 Å². The number of hydrogen-bond donors (Lipinski definition) is 0. The van der Waals surface area contributed by atoms with Crippen LogP contribution in [-0.4, -0.2) is 0 Å². The van der Waals surface area contributed by atoms with Crippen LogP contribution in [0.4, 0.5) is 8.78 Å². The summed E-state index contributed by atoms with van der Waals surface area (Å²) in [4.78, 5) is 0. The molecule has 3 aromatic carbocycles. The van der Waals surface area contributed by atoms with Crippen molar-refractivity contribution in [3.05, 3.63) is 82.4 Å². The summed E-state index contributed by atoms with van der Waals surface area (Å²) in [6.45, 7) is 2.15. The van der Waals surface area contributed by atoms with Gasteiger partial charge < -0.3 is 0 Å². The molecule has 0 aliphatic heterocycles. The normalized spacial score (nSPS) is 12.2. The van der Waals surface area contributed by atoms with E-state index in [2.05, 4.69) is 13.0 Å². The Morgan fingerprint density at radius 2 is 1.55 bits per heavy atom. The Morgan fingerprint density at radius 1 is 0.828 bits per heavy atom. The Balaban J connectivity index is 1.67. The van der Waals surface area contributed by atoms with Gasteiger partial charge in [-0.05, 0) is 82.8 Å². The summed E-state index contributed by atoms with van der Waals surface area (Å²) < 4.78 is 28.7. The van der Waals surface area contributed by atoms with Gasteiger partial charge in [-0.25, -0.2) is 8.78 Å². The van der Waals surface area contributed by atoms with Gasteiger partial charge in [-0.3, -0.25) is 0 Å². The van der Waals surface area contributed by atoms with E-state index in [0.29, 0.717) is 0 Å². The van der Waals surface area contributed by atoms with Crippen LogP contribution in [0.1, 0.15) is 48.4 Å². The fourth-order valence-electron chi connectivity index (χ4n) is 4.18. The average Bonchev–Trinajstić information content (AvgIpc) is 2.74. The molecule has 0 heterocycles. The minimum Gasteiger partial charge on any atom is -0.207 e. The number of halogens is 2. The van der Waals surface area contributed by atoms with E-state index in [1.165, 1.54) is 17.7 Å². The summed E-state index contributed by atoms with van der Waals surface area (Å²) in [7, 11) is 0. The lowest BCUT2D eigenvalue weighted by Gasteiger charge is -2.22. The van der Waals surface area contributed by atoms with Crippen molar-refractivity contribution in [2.75, 3.05) is 0 Å². The van der Waals surface area contributed by atoms with Crippen molar-refractivity contribution >= 4 is 0 Å². The van der Waals surface area contributed by atoms with Gasteiger partial charge in [0.05, 0.1) is 5.56 Å². The lowest BCUT2D eigenvalue weighted by atomic mass is 9.83. The second-order valence-electron chi connectivity index (χ2n) is 7.74. The smallest absolute Gasteiger partial charge is 0.141 e. The van der Waals surface area contributed by atoms with Crippen LogP contribution in [0.3, 0.4) is 0 Å². The Hall–Kier alpha value is -2.99. The third-order valence-corrected chi connectivity index (χ3v) is 5.80. The number of unbranched alkanes of at least 4 members (excludes halogenated alkanes) is 2. The van der Waals surface area contributed by atoms with Crippen LogP contribution >= 0.6 is 0 Å². The Bertz CT molecular complexity index is 1110. The van der Waals surface area contributed by atoms with Crippen molar-refractivity contribution in [1.29, 1.82) is 5.26 Å². The number of fused-ring (bicyclic) bond motifs is 3. The van der Waals surface area contributed by atoms with Crippen molar-refractivity contribution < 1.29 is 8.78 Å². The molecule has 0 N–H and O–H groups in total. The molecule has 0 spiro atoms. The summed E-state index contributed by atoms with van der Waals surface area (Å²) in [5.74, 6) is -0.628. The molecule has 1 aliphatic carbocycles. The minimum atomic E-state index is -0.509. The number of nitriles is 1. The first kappa shape index (κ1) is 19.3. The third-order valence-electron chi connectivity index (χ3n) is 5.80. The number of rotatable bonds is 5. The Labute approximate surface area is 170 Å². The van der Waals surface area contributed by atoms with E-state index in [1.54, 1.807) is 12.1 Å². The maximum Gasteiger partial charge on any atom is 0.141 e. The van der Waals surface area contributed by atoms with Gasteiger partial charge in [0.1, 0.15) is 17.7 Å².